The van der Waals surface area contributed by atoms with Crippen LogP contribution in [0.1, 0.15) is 0 Å². The number of benzene rings is 3. The highest BCUT2D eigenvalue weighted by Crippen LogP contribution is 2.29. The minimum absolute atomic E-state index is 0.00850. The summed E-state index contributed by atoms with van der Waals surface area (Å²) in [6.45, 7) is 0.00850. The van der Waals surface area contributed by atoms with Crippen LogP contribution in [-0.2, 0) is 11.3 Å². The summed E-state index contributed by atoms with van der Waals surface area (Å²) in [7, 11) is 1.60. The molecule has 0 bridgehead atoms. The highest BCUT2D eigenvalue weighted by atomic mass is 35.5. The second kappa shape index (κ2) is 9.67. The first-order chi connectivity index (χ1) is 15.5. The fourth-order valence-electron chi connectivity index (χ4n) is 3.03. The van der Waals surface area contributed by atoms with Gasteiger partial charge in [0.1, 0.15) is 23.8 Å². The monoisotopic (exact) mass is 466 g/mol. The number of aromatic nitrogens is 3. The third-order valence-electron chi connectivity index (χ3n) is 4.61. The number of H-pyrrole nitrogens is 1. The summed E-state index contributed by atoms with van der Waals surface area (Å²) < 4.78 is 12.9. The summed E-state index contributed by atoms with van der Waals surface area (Å²) in [6, 6.07) is 21.6. The Kier molecular flexibility index (Phi) is 6.53. The Balaban J connectivity index is 1.43. The number of anilines is 1. The summed E-state index contributed by atoms with van der Waals surface area (Å²) in [6.07, 6.45) is 0. The number of hydrogen-bond acceptors (Lipinski definition) is 5. The normalized spacial score (nSPS) is 10.6. The van der Waals surface area contributed by atoms with Crippen LogP contribution >= 0.6 is 23.8 Å². The second-order valence-electron chi connectivity index (χ2n) is 6.77. The number of nitrogens with one attached hydrogen (secondary N) is 2. The van der Waals surface area contributed by atoms with Crippen LogP contribution in [0.5, 0.6) is 17.2 Å². The van der Waals surface area contributed by atoms with Gasteiger partial charge in [-0.25, -0.2) is 0 Å². The summed E-state index contributed by atoms with van der Waals surface area (Å²) in [5, 5.41) is 10.4. The van der Waals surface area contributed by atoms with Gasteiger partial charge in [-0.2, -0.15) is 5.10 Å². The smallest absolute Gasteiger partial charge is 0.244 e. The van der Waals surface area contributed by atoms with Crippen LogP contribution in [-0.4, -0.2) is 27.8 Å². The van der Waals surface area contributed by atoms with Gasteiger partial charge in [0.25, 0.3) is 0 Å². The molecular weight excluding hydrogens is 448 g/mol. The Morgan fingerprint density at radius 2 is 1.75 bits per heavy atom. The van der Waals surface area contributed by atoms with Crippen LogP contribution in [0.2, 0.25) is 5.02 Å². The molecule has 4 rings (SSSR count). The van der Waals surface area contributed by atoms with Crippen molar-refractivity contribution in [2.24, 2.45) is 0 Å². The molecule has 4 aromatic rings. The summed E-state index contributed by atoms with van der Waals surface area (Å²) >= 11 is 11.4. The number of ether oxygens (including phenoxy) is 2. The molecule has 0 aliphatic carbocycles. The fraction of sp³-hybridized carbons (Fsp3) is 0.0870. The molecular formula is C23H19ClN4O3S. The van der Waals surface area contributed by atoms with Crippen LogP contribution in [0, 0.1) is 4.77 Å². The molecule has 0 unspecified atom stereocenters. The first-order valence-corrected chi connectivity index (χ1v) is 10.4. The lowest BCUT2D eigenvalue weighted by molar-refractivity contribution is -0.116. The molecule has 162 valence electrons. The van der Waals surface area contributed by atoms with Crippen LogP contribution in [0.25, 0.3) is 11.4 Å². The molecule has 0 atom stereocenters. The van der Waals surface area contributed by atoms with Crippen LogP contribution in [0.15, 0.2) is 72.8 Å². The highest BCUT2D eigenvalue weighted by molar-refractivity contribution is 7.71. The molecule has 32 heavy (non-hydrogen) atoms. The van der Waals surface area contributed by atoms with E-state index in [2.05, 4.69) is 15.5 Å². The van der Waals surface area contributed by atoms with Gasteiger partial charge in [-0.15, -0.1) is 0 Å². The number of carbonyl (C=O) groups is 1. The number of aromatic amines is 1. The van der Waals surface area contributed by atoms with E-state index in [1.807, 2.05) is 36.4 Å². The largest absolute Gasteiger partial charge is 0.497 e. The maximum atomic E-state index is 12.6. The number of nitrogens with zero attached hydrogens (tertiary/aromatic N) is 2. The Bertz CT molecular complexity index is 1280. The zero-order chi connectivity index (χ0) is 22.5. The Morgan fingerprint density at radius 3 is 2.44 bits per heavy atom. The van der Waals surface area contributed by atoms with Gasteiger partial charge in [-0.3, -0.25) is 14.5 Å². The summed E-state index contributed by atoms with van der Waals surface area (Å²) in [5.74, 6) is 2.23. The molecule has 0 radical (unpaired) electrons. The molecule has 2 N–H and O–H groups in total. The lowest BCUT2D eigenvalue weighted by Crippen LogP contribution is -2.19. The molecule has 0 spiro atoms. The number of hydrogen-bond donors (Lipinski definition) is 2. The first kappa shape index (κ1) is 21.6. The standard InChI is InChI=1S/C23H19ClN4O3S/c1-30-17-10-6-15(7-11-17)22-26-27-23(32)28(22)14-21(29)25-16-8-12-18(13-9-16)31-20-5-3-2-4-19(20)24/h2-13H,14H2,1H3,(H,25,29)(H,27,32). The molecule has 9 heteroatoms. The van der Waals surface area contributed by atoms with Crippen LogP contribution in [0.3, 0.4) is 0 Å². The minimum atomic E-state index is -0.239. The molecule has 0 fully saturated rings. The van der Waals surface area contributed by atoms with E-state index in [0.717, 1.165) is 11.3 Å². The van der Waals surface area contributed by atoms with Crippen molar-refractivity contribution in [3.05, 3.63) is 82.6 Å². The molecule has 0 aliphatic rings. The van der Waals surface area contributed by atoms with Crippen molar-refractivity contribution in [1.82, 2.24) is 14.8 Å². The van der Waals surface area contributed by atoms with E-state index >= 15 is 0 Å². The van der Waals surface area contributed by atoms with E-state index in [1.165, 1.54) is 0 Å². The van der Waals surface area contributed by atoms with Gasteiger partial charge in [0.05, 0.1) is 12.1 Å². The van der Waals surface area contributed by atoms with Crippen molar-refractivity contribution < 1.29 is 14.3 Å². The van der Waals surface area contributed by atoms with Gasteiger partial charge in [0.15, 0.2) is 10.6 Å². The molecule has 0 saturated carbocycles. The van der Waals surface area contributed by atoms with Crippen LogP contribution in [0.4, 0.5) is 5.69 Å². The maximum absolute atomic E-state index is 12.6. The summed E-state index contributed by atoms with van der Waals surface area (Å²) in [5.41, 5.74) is 1.44. The maximum Gasteiger partial charge on any atom is 0.244 e. The van der Waals surface area contributed by atoms with Crippen molar-refractivity contribution in [3.63, 3.8) is 0 Å². The molecule has 3 aromatic carbocycles. The van der Waals surface area contributed by atoms with Crippen LogP contribution < -0.4 is 14.8 Å². The topological polar surface area (TPSA) is 81.2 Å². The van der Waals surface area contributed by atoms with Gasteiger partial charge in [0.2, 0.25) is 5.91 Å². The third kappa shape index (κ3) is 4.99. The average molecular weight is 467 g/mol. The van der Waals surface area contributed by atoms with Crippen molar-refractivity contribution in [2.45, 2.75) is 6.54 Å². The number of rotatable bonds is 7. The van der Waals surface area contributed by atoms with Gasteiger partial charge in [-0.1, -0.05) is 23.7 Å². The quantitative estimate of drug-likeness (QED) is 0.341. The SMILES string of the molecule is COc1ccc(-c2n[nH]c(=S)n2CC(=O)Nc2ccc(Oc3ccccc3Cl)cc2)cc1. The van der Waals surface area contributed by atoms with Gasteiger partial charge in [-0.05, 0) is 72.9 Å². The van der Waals surface area contributed by atoms with E-state index in [0.29, 0.717) is 32.8 Å². The zero-order valence-corrected chi connectivity index (χ0v) is 18.6. The number of carbonyl (C=O) groups excluding carboxylic acids is 1. The summed E-state index contributed by atoms with van der Waals surface area (Å²) in [4.78, 5) is 12.6. The van der Waals surface area contributed by atoms with E-state index < -0.39 is 0 Å². The molecule has 1 heterocycles. The molecule has 0 aliphatic heterocycles. The van der Waals surface area contributed by atoms with E-state index in [-0.39, 0.29) is 12.5 Å². The number of halogens is 1. The first-order valence-electron chi connectivity index (χ1n) is 9.65. The lowest BCUT2D eigenvalue weighted by Gasteiger charge is -2.10. The van der Waals surface area contributed by atoms with Gasteiger partial charge >= 0.3 is 0 Å². The minimum Gasteiger partial charge on any atom is -0.497 e. The third-order valence-corrected chi connectivity index (χ3v) is 5.23. The highest BCUT2D eigenvalue weighted by Gasteiger charge is 2.13. The van der Waals surface area contributed by atoms with Crippen molar-refractivity contribution >= 4 is 35.4 Å². The molecule has 0 saturated heterocycles. The Labute approximate surface area is 194 Å². The average Bonchev–Trinajstić information content (AvgIpc) is 3.16. The van der Waals surface area contributed by atoms with Gasteiger partial charge < -0.3 is 14.8 Å². The molecule has 7 nitrogen and oxygen atoms in total. The van der Waals surface area contributed by atoms with Gasteiger partial charge in [0, 0.05) is 11.3 Å². The Morgan fingerprint density at radius 1 is 1.06 bits per heavy atom. The molecule has 1 aromatic heterocycles. The van der Waals surface area contributed by atoms with E-state index in [4.69, 9.17) is 33.3 Å². The van der Waals surface area contributed by atoms with E-state index in [1.54, 1.807) is 48.1 Å². The Hall–Kier alpha value is -3.62. The van der Waals surface area contributed by atoms with Crippen molar-refractivity contribution in [2.75, 3.05) is 12.4 Å². The van der Waals surface area contributed by atoms with Crippen molar-refractivity contribution in [1.29, 1.82) is 0 Å². The zero-order valence-electron chi connectivity index (χ0n) is 17.0. The number of methoxy groups -OCH3 is 1. The van der Waals surface area contributed by atoms with Crippen molar-refractivity contribution in [3.8, 4) is 28.6 Å². The molecule has 1 amide bonds. The predicted octanol–water partition coefficient (Wildman–Crippen LogP) is 5.70. The second-order valence-corrected chi connectivity index (χ2v) is 7.57. The van der Waals surface area contributed by atoms with E-state index in [9.17, 15) is 4.79 Å². The number of amides is 1. The predicted molar refractivity (Wildman–Crippen MR) is 126 cm³/mol. The lowest BCUT2D eigenvalue weighted by atomic mass is 10.2. The fourth-order valence-corrected chi connectivity index (χ4v) is 3.40. The number of para-hydroxylation sites is 1.